The Bertz CT molecular complexity index is 841. The summed E-state index contributed by atoms with van der Waals surface area (Å²) in [4.78, 5) is 22.8. The van der Waals surface area contributed by atoms with E-state index < -0.39 is 36.5 Å². The molecule has 0 spiro atoms. The molecule has 10 heteroatoms. The summed E-state index contributed by atoms with van der Waals surface area (Å²) in [5, 5.41) is 0. The lowest BCUT2D eigenvalue weighted by molar-refractivity contribution is -0.212. The standard InChI is InChI=1S/C25H34F6O4/c1-13(34-20(32)24(26,27)28)17-6-7-18-16-5-4-14-12-15(35-21(33)25(29,30)31)8-10-22(14,2)19(16)9-11-23(17,18)3/h13-19H,4-12H2,1-3H3/t13-,14+,15-,16?,17-,18?,19?,22+,23-/m1/s1. The largest absolute Gasteiger partial charge is 0.490 e. The third kappa shape index (κ3) is 4.67. The van der Waals surface area contributed by atoms with Gasteiger partial charge in [-0.1, -0.05) is 13.8 Å². The number of halogens is 6. The van der Waals surface area contributed by atoms with Crippen LogP contribution in [-0.4, -0.2) is 36.5 Å². The van der Waals surface area contributed by atoms with Crippen LogP contribution in [0.15, 0.2) is 0 Å². The summed E-state index contributed by atoms with van der Waals surface area (Å²) in [5.41, 5.74) is -0.271. The Kier molecular flexibility index (Phi) is 6.70. The molecule has 0 aromatic heterocycles. The van der Waals surface area contributed by atoms with Crippen LogP contribution < -0.4 is 0 Å². The minimum absolute atomic E-state index is 0.0577. The maximum absolute atomic E-state index is 12.7. The fourth-order valence-electron chi connectivity index (χ4n) is 8.67. The molecule has 0 saturated heterocycles. The number of fused-ring (bicyclic) bond motifs is 5. The fourth-order valence-corrected chi connectivity index (χ4v) is 8.67. The van der Waals surface area contributed by atoms with Crippen LogP contribution in [-0.2, 0) is 19.1 Å². The van der Waals surface area contributed by atoms with Crippen LogP contribution in [0.3, 0.4) is 0 Å². The molecule has 35 heavy (non-hydrogen) atoms. The Labute approximate surface area is 201 Å². The minimum atomic E-state index is -5.01. The number of hydrogen-bond donors (Lipinski definition) is 0. The van der Waals surface area contributed by atoms with E-state index in [1.54, 1.807) is 6.92 Å². The smallest absolute Gasteiger partial charge is 0.456 e. The van der Waals surface area contributed by atoms with Crippen LogP contribution in [0.25, 0.3) is 0 Å². The molecule has 200 valence electrons. The first-order valence-electron chi connectivity index (χ1n) is 12.6. The van der Waals surface area contributed by atoms with Crippen LogP contribution in [0.5, 0.6) is 0 Å². The highest BCUT2D eigenvalue weighted by molar-refractivity contribution is 5.76. The van der Waals surface area contributed by atoms with Gasteiger partial charge in [-0.25, -0.2) is 9.59 Å². The Balaban J connectivity index is 1.44. The molecule has 4 aliphatic carbocycles. The number of carbonyl (C=O) groups is 2. The molecule has 0 aromatic rings. The summed E-state index contributed by atoms with van der Waals surface area (Å²) in [7, 11) is 0. The summed E-state index contributed by atoms with van der Waals surface area (Å²) in [6.45, 7) is 5.92. The molecule has 0 heterocycles. The van der Waals surface area contributed by atoms with Crippen LogP contribution in [0, 0.1) is 40.4 Å². The van der Waals surface area contributed by atoms with Crippen LogP contribution >= 0.6 is 0 Å². The Morgan fingerprint density at radius 2 is 1.40 bits per heavy atom. The van der Waals surface area contributed by atoms with Gasteiger partial charge in [-0.15, -0.1) is 0 Å². The molecule has 0 aromatic carbocycles. The van der Waals surface area contributed by atoms with Crippen molar-refractivity contribution in [2.45, 2.75) is 103 Å². The van der Waals surface area contributed by atoms with E-state index in [4.69, 9.17) is 9.47 Å². The lowest BCUT2D eigenvalue weighted by atomic mass is 9.44. The van der Waals surface area contributed by atoms with Crippen molar-refractivity contribution in [1.29, 1.82) is 0 Å². The quantitative estimate of drug-likeness (QED) is 0.315. The van der Waals surface area contributed by atoms with Gasteiger partial charge in [0.15, 0.2) is 0 Å². The van der Waals surface area contributed by atoms with E-state index in [0.29, 0.717) is 43.4 Å². The lowest BCUT2D eigenvalue weighted by Gasteiger charge is -2.61. The maximum Gasteiger partial charge on any atom is 0.490 e. The lowest BCUT2D eigenvalue weighted by Crippen LogP contribution is -2.55. The third-order valence-electron chi connectivity index (χ3n) is 10.3. The summed E-state index contributed by atoms with van der Waals surface area (Å²) < 4.78 is 85.8. The van der Waals surface area contributed by atoms with Crippen molar-refractivity contribution in [3.8, 4) is 0 Å². The van der Waals surface area contributed by atoms with Crippen LogP contribution in [0.4, 0.5) is 26.3 Å². The highest BCUT2D eigenvalue weighted by Gasteiger charge is 2.61. The van der Waals surface area contributed by atoms with Gasteiger partial charge in [0.05, 0.1) is 0 Å². The molecule has 3 unspecified atom stereocenters. The van der Waals surface area contributed by atoms with Crippen molar-refractivity contribution in [2.75, 3.05) is 0 Å². The van der Waals surface area contributed by atoms with Gasteiger partial charge >= 0.3 is 24.3 Å². The van der Waals surface area contributed by atoms with E-state index in [-0.39, 0.29) is 22.7 Å². The predicted molar refractivity (Wildman–Crippen MR) is 113 cm³/mol. The zero-order chi connectivity index (χ0) is 26.0. The van der Waals surface area contributed by atoms with Crippen molar-refractivity contribution >= 4 is 11.9 Å². The number of rotatable bonds is 3. The van der Waals surface area contributed by atoms with E-state index in [0.717, 1.165) is 32.1 Å². The molecule has 0 radical (unpaired) electrons. The first-order chi connectivity index (χ1) is 16.1. The summed E-state index contributed by atoms with van der Waals surface area (Å²) >= 11 is 0. The molecular weight excluding hydrogens is 478 g/mol. The first-order valence-corrected chi connectivity index (χ1v) is 12.6. The minimum Gasteiger partial charge on any atom is -0.456 e. The van der Waals surface area contributed by atoms with Gasteiger partial charge in [-0.05, 0) is 99.2 Å². The van der Waals surface area contributed by atoms with Crippen LogP contribution in [0.2, 0.25) is 0 Å². The van der Waals surface area contributed by atoms with Gasteiger partial charge < -0.3 is 9.47 Å². The molecule has 4 fully saturated rings. The van der Waals surface area contributed by atoms with Gasteiger partial charge in [-0.2, -0.15) is 26.3 Å². The molecule has 9 atom stereocenters. The monoisotopic (exact) mass is 512 g/mol. The number of esters is 2. The maximum atomic E-state index is 12.7. The summed E-state index contributed by atoms with van der Waals surface area (Å²) in [6.07, 6.45) is -4.92. The van der Waals surface area contributed by atoms with E-state index in [9.17, 15) is 35.9 Å². The molecular formula is C25H34F6O4. The predicted octanol–water partition coefficient (Wildman–Crippen LogP) is 6.61. The highest BCUT2D eigenvalue weighted by atomic mass is 19.4. The highest BCUT2D eigenvalue weighted by Crippen LogP contribution is 2.68. The molecule has 0 aliphatic heterocycles. The van der Waals surface area contributed by atoms with Gasteiger partial charge in [-0.3, -0.25) is 0 Å². The van der Waals surface area contributed by atoms with Gasteiger partial charge in [0, 0.05) is 5.92 Å². The average Bonchev–Trinajstić information content (AvgIpc) is 3.10. The number of carbonyl (C=O) groups excluding carboxylic acids is 2. The van der Waals surface area contributed by atoms with Gasteiger partial charge in [0.2, 0.25) is 0 Å². The molecule has 4 nitrogen and oxygen atoms in total. The molecule has 4 saturated carbocycles. The van der Waals surface area contributed by atoms with E-state index >= 15 is 0 Å². The molecule has 0 amide bonds. The molecule has 0 N–H and O–H groups in total. The summed E-state index contributed by atoms with van der Waals surface area (Å²) in [6, 6.07) is 0. The Morgan fingerprint density at radius 3 is 2.03 bits per heavy atom. The van der Waals surface area contributed by atoms with E-state index in [1.807, 2.05) is 0 Å². The normalized spacial score (nSPS) is 42.3. The molecule has 4 rings (SSSR count). The second-order valence-corrected chi connectivity index (χ2v) is 11.8. The van der Waals surface area contributed by atoms with Crippen molar-refractivity contribution < 1.29 is 45.4 Å². The molecule has 4 aliphatic rings. The van der Waals surface area contributed by atoms with E-state index in [2.05, 4.69) is 13.8 Å². The number of ether oxygens (including phenoxy) is 2. The zero-order valence-corrected chi connectivity index (χ0v) is 20.3. The molecule has 0 bridgehead atoms. The van der Waals surface area contributed by atoms with Crippen molar-refractivity contribution in [3.05, 3.63) is 0 Å². The van der Waals surface area contributed by atoms with E-state index in [1.165, 1.54) is 0 Å². The topological polar surface area (TPSA) is 52.6 Å². The Morgan fingerprint density at radius 1 is 0.800 bits per heavy atom. The zero-order valence-electron chi connectivity index (χ0n) is 20.3. The van der Waals surface area contributed by atoms with Crippen LogP contribution in [0.1, 0.15) is 78.6 Å². The SMILES string of the molecule is C[C@@H](OC(=O)C(F)(F)F)[C@H]1CCC2C3CC[C@H]4C[C@H](OC(=O)C(F)(F)F)CC[C@]4(C)C3CC[C@@]21C. The average molecular weight is 513 g/mol. The van der Waals surface area contributed by atoms with Crippen molar-refractivity contribution in [3.63, 3.8) is 0 Å². The Hall–Kier alpha value is -1.48. The fraction of sp³-hybridized carbons (Fsp3) is 0.920. The van der Waals surface area contributed by atoms with Gasteiger partial charge in [0.25, 0.3) is 0 Å². The first kappa shape index (κ1) is 26.6. The van der Waals surface area contributed by atoms with Crippen molar-refractivity contribution in [1.82, 2.24) is 0 Å². The summed E-state index contributed by atoms with van der Waals surface area (Å²) in [5.74, 6) is -3.13. The third-order valence-corrected chi connectivity index (χ3v) is 10.3. The number of alkyl halides is 6. The number of hydrogen-bond acceptors (Lipinski definition) is 4. The second kappa shape index (κ2) is 8.82. The van der Waals surface area contributed by atoms with Crippen molar-refractivity contribution in [2.24, 2.45) is 40.4 Å². The van der Waals surface area contributed by atoms with Gasteiger partial charge in [0.1, 0.15) is 12.2 Å². The second-order valence-electron chi connectivity index (χ2n) is 11.8.